The van der Waals surface area contributed by atoms with Crippen LogP contribution in [0, 0.1) is 0 Å². The number of allylic oxidation sites excluding steroid dienone is 5. The van der Waals surface area contributed by atoms with Crippen molar-refractivity contribution in [3.63, 3.8) is 0 Å². The zero-order chi connectivity index (χ0) is 15.2. The molecule has 0 bridgehead atoms. The van der Waals surface area contributed by atoms with E-state index in [4.69, 9.17) is 0 Å². The van der Waals surface area contributed by atoms with Crippen molar-refractivity contribution in [3.8, 4) is 0 Å². The Bertz CT molecular complexity index is 628. The predicted molar refractivity (Wildman–Crippen MR) is 92.7 cm³/mol. The van der Waals surface area contributed by atoms with Gasteiger partial charge in [-0.15, -0.1) is 0 Å². The summed E-state index contributed by atoms with van der Waals surface area (Å²) >= 11 is 0. The normalized spacial score (nSPS) is 14.5. The Morgan fingerprint density at radius 3 is 2.62 bits per heavy atom. The van der Waals surface area contributed by atoms with Gasteiger partial charge in [-0.2, -0.15) is 0 Å². The smallest absolute Gasteiger partial charge is 0.0676 e. The minimum atomic E-state index is 0.796. The first kappa shape index (κ1) is 15.0. The Morgan fingerprint density at radius 2 is 2.05 bits per heavy atom. The Morgan fingerprint density at radius 1 is 1.33 bits per heavy atom. The molecule has 0 radical (unpaired) electrons. The zero-order valence-electron chi connectivity index (χ0n) is 12.8. The zero-order valence-corrected chi connectivity index (χ0v) is 12.8. The van der Waals surface area contributed by atoms with Crippen LogP contribution in [-0.2, 0) is 6.42 Å². The highest BCUT2D eigenvalue weighted by Crippen LogP contribution is 2.24. The molecule has 0 saturated heterocycles. The van der Waals surface area contributed by atoms with Gasteiger partial charge in [0, 0.05) is 18.3 Å². The summed E-state index contributed by atoms with van der Waals surface area (Å²) in [4.78, 5) is 4.47. The largest absolute Gasteiger partial charge is 0.355 e. The number of benzene rings is 1. The van der Waals surface area contributed by atoms with Gasteiger partial charge in [0.15, 0.2) is 0 Å². The first-order valence-corrected chi connectivity index (χ1v) is 7.28. The molecule has 0 aliphatic carbocycles. The van der Waals surface area contributed by atoms with E-state index in [0.29, 0.717) is 0 Å². The minimum Gasteiger partial charge on any atom is -0.355 e. The highest BCUT2D eigenvalue weighted by Gasteiger charge is 2.14. The van der Waals surface area contributed by atoms with Crippen molar-refractivity contribution < 1.29 is 0 Å². The van der Waals surface area contributed by atoms with Gasteiger partial charge in [-0.3, -0.25) is 4.99 Å². The van der Waals surface area contributed by atoms with Crippen molar-refractivity contribution in [2.75, 3.05) is 5.32 Å². The van der Waals surface area contributed by atoms with Crippen LogP contribution in [0.3, 0.4) is 0 Å². The summed E-state index contributed by atoms with van der Waals surface area (Å²) in [6.07, 6.45) is 7.67. The molecule has 2 heteroatoms. The second-order valence-corrected chi connectivity index (χ2v) is 5.01. The summed E-state index contributed by atoms with van der Waals surface area (Å²) in [7, 11) is 0. The lowest BCUT2D eigenvalue weighted by atomic mass is 10.0. The van der Waals surface area contributed by atoms with Crippen LogP contribution in [0.5, 0.6) is 0 Å². The Balaban J connectivity index is 1.98. The molecule has 1 aliphatic heterocycles. The molecule has 0 unspecified atom stereocenters. The number of rotatable bonds is 6. The molecule has 0 saturated carbocycles. The summed E-state index contributed by atoms with van der Waals surface area (Å²) in [5, 5.41) is 3.33. The monoisotopic (exact) mass is 278 g/mol. The SMILES string of the molecule is C=C/C(=C\C)C1=CN=C(C(=C)Nc2ccc(CC)cc2)C1. The average Bonchev–Trinajstić information content (AvgIpc) is 2.99. The molecular weight excluding hydrogens is 256 g/mol. The van der Waals surface area contributed by atoms with Crippen molar-refractivity contribution in [3.05, 3.63) is 78.2 Å². The lowest BCUT2D eigenvalue weighted by Gasteiger charge is -2.11. The Hall–Kier alpha value is -2.35. The first-order chi connectivity index (χ1) is 10.2. The van der Waals surface area contributed by atoms with Gasteiger partial charge in [-0.25, -0.2) is 0 Å². The summed E-state index contributed by atoms with van der Waals surface area (Å²) in [6.45, 7) is 12.1. The van der Waals surface area contributed by atoms with Crippen LogP contribution >= 0.6 is 0 Å². The van der Waals surface area contributed by atoms with Gasteiger partial charge < -0.3 is 5.32 Å². The molecule has 108 valence electrons. The maximum Gasteiger partial charge on any atom is 0.0676 e. The molecule has 2 nitrogen and oxygen atoms in total. The molecule has 0 atom stereocenters. The van der Waals surface area contributed by atoms with Crippen molar-refractivity contribution >= 4 is 11.4 Å². The maximum absolute atomic E-state index is 4.47. The summed E-state index contributed by atoms with van der Waals surface area (Å²) in [5.41, 5.74) is 6.52. The Kier molecular flexibility index (Phi) is 4.94. The van der Waals surface area contributed by atoms with Crippen LogP contribution in [0.2, 0.25) is 0 Å². The van der Waals surface area contributed by atoms with E-state index in [1.807, 2.05) is 19.2 Å². The average molecular weight is 278 g/mol. The lowest BCUT2D eigenvalue weighted by molar-refractivity contribution is 1.14. The predicted octanol–water partition coefficient (Wildman–Crippen LogP) is 5.04. The molecule has 1 aromatic rings. The fourth-order valence-electron chi connectivity index (χ4n) is 2.29. The van der Waals surface area contributed by atoms with E-state index in [1.54, 1.807) is 0 Å². The quantitative estimate of drug-likeness (QED) is 0.725. The number of hydrogen-bond acceptors (Lipinski definition) is 2. The van der Waals surface area contributed by atoms with Crippen molar-refractivity contribution in [1.29, 1.82) is 0 Å². The topological polar surface area (TPSA) is 24.4 Å². The van der Waals surface area contributed by atoms with E-state index < -0.39 is 0 Å². The fraction of sp³-hybridized carbons (Fsp3) is 0.211. The van der Waals surface area contributed by atoms with Gasteiger partial charge in [0.05, 0.1) is 11.4 Å². The third-order valence-electron chi connectivity index (χ3n) is 3.64. The van der Waals surface area contributed by atoms with Crippen molar-refractivity contribution in [2.45, 2.75) is 26.7 Å². The standard InChI is InChI=1S/C19H22N2/c1-5-15-8-10-18(11-9-15)21-14(4)19-12-17(13-20-19)16(6-2)7-3/h6-11,13,21H,2,4-5,12H2,1,3H3/b16-7+. The van der Waals surface area contributed by atoms with Gasteiger partial charge in [-0.1, -0.05) is 44.4 Å². The van der Waals surface area contributed by atoms with E-state index in [0.717, 1.165) is 35.5 Å². The molecule has 1 aliphatic rings. The third-order valence-corrected chi connectivity index (χ3v) is 3.64. The minimum absolute atomic E-state index is 0.796. The molecule has 1 aromatic carbocycles. The molecule has 0 aromatic heterocycles. The van der Waals surface area contributed by atoms with Gasteiger partial charge in [0.1, 0.15) is 0 Å². The number of aliphatic imine (C=N–C) groups is 1. The summed E-state index contributed by atoms with van der Waals surface area (Å²) in [6, 6.07) is 8.42. The van der Waals surface area contributed by atoms with E-state index in [1.165, 1.54) is 11.1 Å². The van der Waals surface area contributed by atoms with Crippen LogP contribution in [0.1, 0.15) is 25.8 Å². The first-order valence-electron chi connectivity index (χ1n) is 7.28. The summed E-state index contributed by atoms with van der Waals surface area (Å²) in [5.74, 6) is 0. The number of anilines is 1. The van der Waals surface area contributed by atoms with Gasteiger partial charge in [0.25, 0.3) is 0 Å². The lowest BCUT2D eigenvalue weighted by Crippen LogP contribution is -2.09. The highest BCUT2D eigenvalue weighted by molar-refractivity contribution is 6.05. The van der Waals surface area contributed by atoms with Gasteiger partial charge >= 0.3 is 0 Å². The second-order valence-electron chi connectivity index (χ2n) is 5.01. The van der Waals surface area contributed by atoms with E-state index >= 15 is 0 Å². The van der Waals surface area contributed by atoms with Gasteiger partial charge in [0.2, 0.25) is 0 Å². The number of hydrogen-bond donors (Lipinski definition) is 1. The number of aryl methyl sites for hydroxylation is 1. The van der Waals surface area contributed by atoms with Crippen LogP contribution in [0.25, 0.3) is 0 Å². The van der Waals surface area contributed by atoms with Crippen LogP contribution < -0.4 is 5.32 Å². The van der Waals surface area contributed by atoms with Crippen molar-refractivity contribution in [1.82, 2.24) is 0 Å². The molecule has 0 amide bonds. The molecule has 0 fully saturated rings. The summed E-state index contributed by atoms with van der Waals surface area (Å²) < 4.78 is 0. The molecule has 0 spiro atoms. The molecule has 1 N–H and O–H groups in total. The van der Waals surface area contributed by atoms with Crippen LogP contribution in [0.4, 0.5) is 5.69 Å². The molecular formula is C19H22N2. The fourth-order valence-corrected chi connectivity index (χ4v) is 2.29. The van der Waals surface area contributed by atoms with Gasteiger partial charge in [-0.05, 0) is 42.2 Å². The van der Waals surface area contributed by atoms with Crippen LogP contribution in [0.15, 0.2) is 77.6 Å². The highest BCUT2D eigenvalue weighted by atomic mass is 14.9. The van der Waals surface area contributed by atoms with Crippen molar-refractivity contribution in [2.24, 2.45) is 4.99 Å². The second kappa shape index (κ2) is 6.89. The number of nitrogens with zero attached hydrogens (tertiary/aromatic N) is 1. The number of nitrogens with one attached hydrogen (secondary N) is 1. The van der Waals surface area contributed by atoms with E-state index in [-0.39, 0.29) is 0 Å². The van der Waals surface area contributed by atoms with Crippen LogP contribution in [-0.4, -0.2) is 5.71 Å². The van der Waals surface area contributed by atoms with E-state index in [2.05, 4.69) is 60.7 Å². The maximum atomic E-state index is 4.47. The molecule has 2 rings (SSSR count). The third kappa shape index (κ3) is 3.60. The molecule has 21 heavy (non-hydrogen) atoms. The Labute approximate surface area is 127 Å². The molecule has 1 heterocycles. The van der Waals surface area contributed by atoms with E-state index in [9.17, 15) is 0 Å².